The number of carboxylic acid groups (broad SMARTS) is 1. The number of phenolic OH excluding ortho intramolecular Hbond substituents is 1. The molecule has 0 aromatic heterocycles. The summed E-state index contributed by atoms with van der Waals surface area (Å²) in [7, 11) is 0. The van der Waals surface area contributed by atoms with Crippen LogP contribution < -0.4 is 0 Å². The van der Waals surface area contributed by atoms with Crippen LogP contribution in [0.1, 0.15) is 15.9 Å². The second kappa shape index (κ2) is 3.66. The zero-order valence-electron chi connectivity index (χ0n) is 6.49. The van der Waals surface area contributed by atoms with Crippen molar-refractivity contribution in [3.8, 4) is 11.5 Å². The van der Waals surface area contributed by atoms with Gasteiger partial charge in [-0.1, -0.05) is 22.0 Å². The molecule has 13 heavy (non-hydrogen) atoms. The fourth-order valence-electron chi connectivity index (χ4n) is 0.972. The fourth-order valence-corrected chi connectivity index (χ4v) is 1.44. The molecule has 4 nitrogen and oxygen atoms in total. The summed E-state index contributed by atoms with van der Waals surface area (Å²) < 4.78 is 0. The van der Waals surface area contributed by atoms with Crippen molar-refractivity contribution in [3.05, 3.63) is 23.3 Å². The third-order valence-corrected chi connectivity index (χ3v) is 2.20. The Labute approximate surface area is 82.6 Å². The minimum absolute atomic E-state index is 0.267. The highest BCUT2D eigenvalue weighted by molar-refractivity contribution is 9.08. The second-order valence-electron chi connectivity index (χ2n) is 2.41. The average Bonchev–Trinajstić information content (AvgIpc) is 2.08. The van der Waals surface area contributed by atoms with Crippen molar-refractivity contribution in [1.29, 1.82) is 0 Å². The molecule has 1 aromatic rings. The number of halogens is 1. The number of benzene rings is 1. The maximum Gasteiger partial charge on any atom is 0.339 e. The molecule has 3 N–H and O–H groups in total. The van der Waals surface area contributed by atoms with E-state index in [1.807, 2.05) is 0 Å². The topological polar surface area (TPSA) is 77.8 Å². The zero-order chi connectivity index (χ0) is 10.0. The molecule has 0 heterocycles. The summed E-state index contributed by atoms with van der Waals surface area (Å²) in [6, 6.07) is 2.69. The summed E-state index contributed by atoms with van der Waals surface area (Å²) >= 11 is 3.08. The monoisotopic (exact) mass is 246 g/mol. The Morgan fingerprint density at radius 1 is 1.38 bits per heavy atom. The maximum absolute atomic E-state index is 10.7. The SMILES string of the molecule is O=C(O)c1c(CBr)ccc(O)c1O. The van der Waals surface area contributed by atoms with Crippen molar-refractivity contribution in [1.82, 2.24) is 0 Å². The predicted molar refractivity (Wildman–Crippen MR) is 49.4 cm³/mol. The van der Waals surface area contributed by atoms with Gasteiger partial charge in [0, 0.05) is 5.33 Å². The Morgan fingerprint density at radius 3 is 2.46 bits per heavy atom. The van der Waals surface area contributed by atoms with E-state index in [4.69, 9.17) is 10.2 Å². The minimum atomic E-state index is -1.26. The molecule has 70 valence electrons. The van der Waals surface area contributed by atoms with Crippen LogP contribution >= 0.6 is 15.9 Å². The number of alkyl halides is 1. The lowest BCUT2D eigenvalue weighted by Crippen LogP contribution is -2.01. The Morgan fingerprint density at radius 2 is 2.00 bits per heavy atom. The number of carbonyl (C=O) groups is 1. The largest absolute Gasteiger partial charge is 0.504 e. The van der Waals surface area contributed by atoms with Crippen LogP contribution in [0.3, 0.4) is 0 Å². The molecule has 0 aliphatic carbocycles. The van der Waals surface area contributed by atoms with Crippen molar-refractivity contribution in [3.63, 3.8) is 0 Å². The fraction of sp³-hybridized carbons (Fsp3) is 0.125. The van der Waals surface area contributed by atoms with Gasteiger partial charge in [-0.25, -0.2) is 4.79 Å². The lowest BCUT2D eigenvalue weighted by atomic mass is 10.1. The average molecular weight is 247 g/mol. The number of aromatic hydroxyl groups is 2. The zero-order valence-corrected chi connectivity index (χ0v) is 8.08. The third-order valence-electron chi connectivity index (χ3n) is 1.60. The van der Waals surface area contributed by atoms with Crippen LogP contribution in [0, 0.1) is 0 Å². The molecule has 0 aliphatic rings. The van der Waals surface area contributed by atoms with Gasteiger partial charge < -0.3 is 15.3 Å². The van der Waals surface area contributed by atoms with Crippen molar-refractivity contribution >= 4 is 21.9 Å². The summed E-state index contributed by atoms with van der Waals surface area (Å²) in [5.74, 6) is -2.28. The van der Waals surface area contributed by atoms with Crippen molar-refractivity contribution < 1.29 is 20.1 Å². The Balaban J connectivity index is 3.41. The smallest absolute Gasteiger partial charge is 0.339 e. The predicted octanol–water partition coefficient (Wildman–Crippen LogP) is 1.69. The number of aromatic carboxylic acids is 1. The first-order valence-electron chi connectivity index (χ1n) is 3.41. The van der Waals surface area contributed by atoms with Crippen LogP contribution in [0.15, 0.2) is 12.1 Å². The van der Waals surface area contributed by atoms with Crippen molar-refractivity contribution in [2.24, 2.45) is 0 Å². The first kappa shape index (κ1) is 9.85. The van der Waals surface area contributed by atoms with Crippen molar-refractivity contribution in [2.75, 3.05) is 0 Å². The van der Waals surface area contributed by atoms with E-state index in [9.17, 15) is 9.90 Å². The first-order valence-corrected chi connectivity index (χ1v) is 4.53. The van der Waals surface area contributed by atoms with Gasteiger partial charge in [-0.05, 0) is 11.6 Å². The van der Waals surface area contributed by atoms with E-state index < -0.39 is 17.5 Å². The van der Waals surface area contributed by atoms with Crippen LogP contribution in [0.4, 0.5) is 0 Å². The Kier molecular flexibility index (Phi) is 2.77. The van der Waals surface area contributed by atoms with E-state index in [2.05, 4.69) is 15.9 Å². The molecule has 0 unspecified atom stereocenters. The molecule has 0 fully saturated rings. The summed E-state index contributed by atoms with van der Waals surface area (Å²) in [4.78, 5) is 10.7. The van der Waals surface area contributed by atoms with Crippen molar-refractivity contribution in [2.45, 2.75) is 5.33 Å². The number of rotatable bonds is 2. The summed E-state index contributed by atoms with van der Waals surface area (Å²) in [6.45, 7) is 0. The molecule has 0 bridgehead atoms. The van der Waals surface area contributed by atoms with E-state index in [-0.39, 0.29) is 5.56 Å². The van der Waals surface area contributed by atoms with Gasteiger partial charge in [-0.2, -0.15) is 0 Å². The van der Waals surface area contributed by atoms with Crippen LogP contribution in [-0.4, -0.2) is 21.3 Å². The van der Waals surface area contributed by atoms with E-state index in [1.165, 1.54) is 12.1 Å². The number of phenols is 2. The van der Waals surface area contributed by atoms with Gasteiger partial charge in [-0.3, -0.25) is 0 Å². The number of hydrogen-bond donors (Lipinski definition) is 3. The van der Waals surface area contributed by atoms with Gasteiger partial charge in [0.15, 0.2) is 11.5 Å². The highest BCUT2D eigenvalue weighted by atomic mass is 79.9. The standard InChI is InChI=1S/C8H7BrO4/c9-3-4-1-2-5(10)7(11)6(4)8(12)13/h1-2,10-11H,3H2,(H,12,13). The summed E-state index contributed by atoms with van der Waals surface area (Å²) in [5.41, 5.74) is 0.152. The van der Waals surface area contributed by atoms with E-state index >= 15 is 0 Å². The van der Waals surface area contributed by atoms with E-state index in [1.54, 1.807) is 0 Å². The van der Waals surface area contributed by atoms with Gasteiger partial charge in [0.2, 0.25) is 0 Å². The second-order valence-corrected chi connectivity index (χ2v) is 2.97. The normalized spacial score (nSPS) is 9.92. The lowest BCUT2D eigenvalue weighted by Gasteiger charge is -2.06. The van der Waals surface area contributed by atoms with Gasteiger partial charge in [0.1, 0.15) is 5.56 Å². The van der Waals surface area contributed by atoms with Crippen LogP contribution in [0.2, 0.25) is 0 Å². The quantitative estimate of drug-likeness (QED) is 0.549. The van der Waals surface area contributed by atoms with E-state index in [0.717, 1.165) is 0 Å². The highest BCUT2D eigenvalue weighted by Crippen LogP contribution is 2.32. The van der Waals surface area contributed by atoms with E-state index in [0.29, 0.717) is 10.9 Å². The molecule has 0 radical (unpaired) electrons. The molecule has 1 aromatic carbocycles. The number of carboxylic acids is 1. The Bertz CT molecular complexity index is 348. The molecule has 0 spiro atoms. The molecule has 0 aliphatic heterocycles. The maximum atomic E-state index is 10.7. The summed E-state index contributed by atoms with van der Waals surface area (Å²) in [5, 5.41) is 27.3. The molecule has 0 amide bonds. The molecule has 5 heteroatoms. The minimum Gasteiger partial charge on any atom is -0.504 e. The first-order chi connectivity index (χ1) is 6.07. The van der Waals surface area contributed by atoms with Crippen LogP contribution in [0.25, 0.3) is 0 Å². The third kappa shape index (κ3) is 1.75. The molecule has 0 atom stereocenters. The lowest BCUT2D eigenvalue weighted by molar-refractivity contribution is 0.0692. The molecule has 0 saturated heterocycles. The van der Waals surface area contributed by atoms with Gasteiger partial charge in [0.25, 0.3) is 0 Å². The molecule has 1 rings (SSSR count). The van der Waals surface area contributed by atoms with Gasteiger partial charge in [-0.15, -0.1) is 0 Å². The Hall–Kier alpha value is -1.23. The molecular weight excluding hydrogens is 240 g/mol. The summed E-state index contributed by atoms with van der Waals surface area (Å²) in [6.07, 6.45) is 0. The highest BCUT2D eigenvalue weighted by Gasteiger charge is 2.17. The van der Waals surface area contributed by atoms with Crippen LogP contribution in [0.5, 0.6) is 11.5 Å². The van der Waals surface area contributed by atoms with Gasteiger partial charge in [0.05, 0.1) is 0 Å². The van der Waals surface area contributed by atoms with Crippen LogP contribution in [-0.2, 0) is 5.33 Å². The van der Waals surface area contributed by atoms with Gasteiger partial charge >= 0.3 is 5.97 Å². The number of hydrogen-bond acceptors (Lipinski definition) is 3. The molecule has 0 saturated carbocycles. The molecular formula is C8H7BrO4.